The number of rotatable bonds is 66. The summed E-state index contributed by atoms with van der Waals surface area (Å²) in [6.07, 6.45) is 87.0. The first-order valence-electron chi connectivity index (χ1n) is 35.8. The van der Waals surface area contributed by atoms with Crippen LogP contribution in [0, 0.1) is 0 Å². The number of hydrogen-bond donors (Lipinski definition) is 1. The number of aliphatic carboxylic acids is 1. The van der Waals surface area contributed by atoms with Gasteiger partial charge in [-0.3, -0.25) is 9.59 Å². The first kappa shape index (κ1) is 81.5. The van der Waals surface area contributed by atoms with E-state index in [4.69, 9.17) is 18.9 Å². The topological polar surface area (TPSA) is 108 Å². The van der Waals surface area contributed by atoms with Gasteiger partial charge in [-0.05, 0) is 70.6 Å². The van der Waals surface area contributed by atoms with Crippen LogP contribution in [0.5, 0.6) is 0 Å². The van der Waals surface area contributed by atoms with E-state index in [1.165, 1.54) is 199 Å². The third-order valence-electron chi connectivity index (χ3n) is 15.7. The smallest absolute Gasteiger partial charge is 0.361 e. The van der Waals surface area contributed by atoms with E-state index in [1.54, 1.807) is 0 Å². The van der Waals surface area contributed by atoms with E-state index in [9.17, 15) is 19.5 Å². The van der Waals surface area contributed by atoms with Gasteiger partial charge >= 0.3 is 17.9 Å². The van der Waals surface area contributed by atoms with E-state index in [-0.39, 0.29) is 32.2 Å². The Hall–Kier alpha value is -3.53. The molecular formula is C76H136NO8+. The molecule has 9 heteroatoms. The molecule has 0 spiro atoms. The molecule has 492 valence electrons. The number of carboxylic acid groups (broad SMARTS) is 1. The Morgan fingerprint density at radius 2 is 0.671 bits per heavy atom. The molecule has 0 radical (unpaired) electrons. The number of unbranched alkanes of at least 4 members (excludes halogenated alkanes) is 37. The van der Waals surface area contributed by atoms with Crippen LogP contribution in [0.1, 0.15) is 322 Å². The lowest BCUT2D eigenvalue weighted by Crippen LogP contribution is -2.40. The van der Waals surface area contributed by atoms with E-state index >= 15 is 0 Å². The summed E-state index contributed by atoms with van der Waals surface area (Å²) in [6.45, 7) is 4.80. The van der Waals surface area contributed by atoms with Crippen molar-refractivity contribution in [2.45, 2.75) is 334 Å². The van der Waals surface area contributed by atoms with Crippen molar-refractivity contribution in [3.63, 3.8) is 0 Å². The predicted octanol–water partition coefficient (Wildman–Crippen LogP) is 22.2. The molecule has 0 aliphatic heterocycles. The number of nitrogens with zero attached hydrogens (tertiary/aromatic N) is 1. The molecular weight excluding hydrogens is 1050 g/mol. The Morgan fingerprint density at radius 1 is 0.365 bits per heavy atom. The van der Waals surface area contributed by atoms with Crippen molar-refractivity contribution in [3.8, 4) is 0 Å². The molecule has 1 N–H and O–H groups in total. The van der Waals surface area contributed by atoms with E-state index in [0.29, 0.717) is 23.9 Å². The number of ether oxygens (including phenoxy) is 4. The maximum Gasteiger partial charge on any atom is 0.361 e. The Balaban J connectivity index is 4.12. The molecule has 0 aromatic rings. The van der Waals surface area contributed by atoms with Crippen LogP contribution in [-0.4, -0.2) is 87.4 Å². The second kappa shape index (κ2) is 66.4. The minimum absolute atomic E-state index is 0.185. The van der Waals surface area contributed by atoms with Crippen molar-refractivity contribution in [2.24, 2.45) is 0 Å². The van der Waals surface area contributed by atoms with Crippen molar-refractivity contribution < 1.29 is 42.9 Å². The summed E-state index contributed by atoms with van der Waals surface area (Å²) in [7, 11) is 5.98. The summed E-state index contributed by atoms with van der Waals surface area (Å²) in [5, 5.41) is 9.75. The minimum atomic E-state index is -1.52. The molecule has 0 aliphatic carbocycles. The van der Waals surface area contributed by atoms with Crippen LogP contribution in [0.4, 0.5) is 0 Å². The molecule has 9 nitrogen and oxygen atoms in total. The number of allylic oxidation sites excluding steroid dienone is 14. The van der Waals surface area contributed by atoms with Gasteiger partial charge in [0, 0.05) is 12.8 Å². The highest BCUT2D eigenvalue weighted by Crippen LogP contribution is 2.18. The number of quaternary nitrogens is 1. The standard InChI is InChI=1S/C76H135NO8/c1-6-8-10-12-14-16-18-20-22-24-26-28-30-32-34-36-37-39-41-43-45-47-49-51-53-55-57-59-61-63-65-67-74(79)85-72(71-84-76(75(80)81)82-69-68-77(3,4)5)70-83-73(78)66-64-62-60-58-56-54-52-50-48-46-44-42-40-38-35-33-31-29-27-25-23-21-19-17-15-13-11-9-7-2/h8,10,14,16,20,22,26,28,32,34,37,39,43,45,72,76H,6-7,9,11-13,15,17-19,21,23-25,27,29-31,33,35-36,38,40-42,44,46-71H2,1-5H3/p+1/b10-8-,16-14-,22-20-,28-26-,34-32-,39-37-,45-43-. The second-order valence-corrected chi connectivity index (χ2v) is 25.2. The van der Waals surface area contributed by atoms with Crippen LogP contribution < -0.4 is 0 Å². The van der Waals surface area contributed by atoms with Crippen molar-refractivity contribution in [2.75, 3.05) is 47.5 Å². The molecule has 0 saturated heterocycles. The van der Waals surface area contributed by atoms with E-state index in [1.807, 2.05) is 21.1 Å². The van der Waals surface area contributed by atoms with Crippen LogP contribution in [0.25, 0.3) is 0 Å². The van der Waals surface area contributed by atoms with E-state index < -0.39 is 24.3 Å². The quantitative estimate of drug-likeness (QED) is 0.0211. The summed E-state index contributed by atoms with van der Waals surface area (Å²) in [5.41, 5.74) is 0. The molecule has 0 bridgehead atoms. The van der Waals surface area contributed by atoms with Crippen LogP contribution in [0.3, 0.4) is 0 Å². The fourth-order valence-electron chi connectivity index (χ4n) is 10.2. The van der Waals surface area contributed by atoms with Crippen molar-refractivity contribution in [1.82, 2.24) is 0 Å². The van der Waals surface area contributed by atoms with Gasteiger partial charge in [0.15, 0.2) is 6.10 Å². The van der Waals surface area contributed by atoms with Gasteiger partial charge in [-0.1, -0.05) is 324 Å². The molecule has 2 unspecified atom stereocenters. The summed E-state index contributed by atoms with van der Waals surface area (Å²) >= 11 is 0. The zero-order chi connectivity index (χ0) is 61.9. The van der Waals surface area contributed by atoms with Gasteiger partial charge in [0.2, 0.25) is 0 Å². The maximum absolute atomic E-state index is 12.9. The highest BCUT2D eigenvalue weighted by molar-refractivity contribution is 5.71. The summed E-state index contributed by atoms with van der Waals surface area (Å²) in [5.74, 6) is -2.00. The lowest BCUT2D eigenvalue weighted by molar-refractivity contribution is -0.870. The molecule has 85 heavy (non-hydrogen) atoms. The molecule has 2 atom stereocenters. The zero-order valence-electron chi connectivity index (χ0n) is 56.3. The minimum Gasteiger partial charge on any atom is -0.477 e. The van der Waals surface area contributed by atoms with Crippen molar-refractivity contribution in [3.05, 3.63) is 85.1 Å². The number of carbonyl (C=O) groups is 3. The lowest BCUT2D eigenvalue weighted by Gasteiger charge is -2.25. The van der Waals surface area contributed by atoms with Crippen LogP contribution in [-0.2, 0) is 33.3 Å². The largest absolute Gasteiger partial charge is 0.477 e. The highest BCUT2D eigenvalue weighted by Gasteiger charge is 2.25. The number of esters is 2. The molecule has 0 aliphatic rings. The Bertz CT molecular complexity index is 1670. The Labute approximate surface area is 525 Å². The maximum atomic E-state index is 12.9. The van der Waals surface area contributed by atoms with Gasteiger partial charge in [0.25, 0.3) is 6.29 Å². The van der Waals surface area contributed by atoms with Crippen LogP contribution in [0.15, 0.2) is 85.1 Å². The van der Waals surface area contributed by atoms with E-state index in [2.05, 4.69) is 98.9 Å². The SMILES string of the molecule is CC/C=C\C/C=C\C/C=C\C/C=C\C/C=C\C/C=C\C/C=C\CCCCCCCCCCCC(=O)OC(COC(=O)CCCCCCCCCCCCCCCCCCCCCCCCCCCCCCC)COC(OCC[N+](C)(C)C)C(=O)O. The van der Waals surface area contributed by atoms with Crippen LogP contribution in [0.2, 0.25) is 0 Å². The molecule has 0 aromatic heterocycles. The second-order valence-electron chi connectivity index (χ2n) is 25.2. The normalized spacial score (nSPS) is 13.2. The summed E-state index contributed by atoms with van der Waals surface area (Å²) in [6, 6.07) is 0. The van der Waals surface area contributed by atoms with Gasteiger partial charge in [0.1, 0.15) is 13.2 Å². The summed E-state index contributed by atoms with van der Waals surface area (Å²) < 4.78 is 23.0. The number of hydrogen-bond acceptors (Lipinski definition) is 7. The molecule has 0 aromatic carbocycles. The van der Waals surface area contributed by atoms with Gasteiger partial charge in [0.05, 0.1) is 34.4 Å². The van der Waals surface area contributed by atoms with Crippen LogP contribution >= 0.6 is 0 Å². The van der Waals surface area contributed by atoms with Crippen molar-refractivity contribution >= 4 is 17.9 Å². The molecule has 0 amide bonds. The molecule has 0 heterocycles. The van der Waals surface area contributed by atoms with E-state index in [0.717, 1.165) is 89.9 Å². The predicted molar refractivity (Wildman–Crippen MR) is 364 cm³/mol. The fourth-order valence-corrected chi connectivity index (χ4v) is 10.2. The lowest BCUT2D eigenvalue weighted by atomic mass is 10.0. The average molecular weight is 1190 g/mol. The number of carbonyl (C=O) groups excluding carboxylic acids is 2. The fraction of sp³-hybridized carbons (Fsp3) is 0.776. The van der Waals surface area contributed by atoms with Gasteiger partial charge in [-0.15, -0.1) is 0 Å². The third kappa shape index (κ3) is 67.8. The summed E-state index contributed by atoms with van der Waals surface area (Å²) in [4.78, 5) is 37.6. The average Bonchev–Trinajstić information content (AvgIpc) is 3.49. The Kier molecular flexibility index (Phi) is 63.7. The monoisotopic (exact) mass is 1190 g/mol. The van der Waals surface area contributed by atoms with Gasteiger partial charge < -0.3 is 28.5 Å². The van der Waals surface area contributed by atoms with Gasteiger partial charge in [-0.25, -0.2) is 4.79 Å². The number of likely N-dealkylation sites (N-methyl/N-ethyl adjacent to an activating group) is 1. The first-order valence-corrected chi connectivity index (χ1v) is 35.8. The molecule has 0 rings (SSSR count). The Morgan fingerprint density at radius 3 is 1.00 bits per heavy atom. The molecule has 0 saturated carbocycles. The highest BCUT2D eigenvalue weighted by atomic mass is 16.7. The number of carboxylic acids is 1. The zero-order valence-corrected chi connectivity index (χ0v) is 56.3. The third-order valence-corrected chi connectivity index (χ3v) is 15.7. The first-order chi connectivity index (χ1) is 41.6. The van der Waals surface area contributed by atoms with Crippen molar-refractivity contribution in [1.29, 1.82) is 0 Å². The molecule has 0 fully saturated rings. The van der Waals surface area contributed by atoms with Gasteiger partial charge in [-0.2, -0.15) is 0 Å².